The summed E-state index contributed by atoms with van der Waals surface area (Å²) in [5.74, 6) is 0.856. The molecule has 1 aromatic heterocycles. The molecule has 2 aromatic carbocycles. The Morgan fingerprint density at radius 1 is 0.971 bits per heavy atom. The smallest absolute Gasteiger partial charge is 0.254 e. The maximum absolute atomic E-state index is 13.3. The van der Waals surface area contributed by atoms with E-state index in [1.54, 1.807) is 6.21 Å². The summed E-state index contributed by atoms with van der Waals surface area (Å²) in [5, 5.41) is 7.43. The number of allylic oxidation sites excluding steroid dienone is 2. The second-order valence-corrected chi connectivity index (χ2v) is 10.5. The lowest BCUT2D eigenvalue weighted by Gasteiger charge is -2.37. The van der Waals surface area contributed by atoms with Gasteiger partial charge in [0.2, 0.25) is 0 Å². The highest BCUT2D eigenvalue weighted by Gasteiger charge is 2.67. The van der Waals surface area contributed by atoms with Crippen molar-refractivity contribution in [3.8, 4) is 0 Å². The van der Waals surface area contributed by atoms with E-state index >= 15 is 0 Å². The molecule has 6 heteroatoms. The van der Waals surface area contributed by atoms with E-state index in [1.807, 2.05) is 43.3 Å². The highest BCUT2D eigenvalue weighted by molar-refractivity contribution is 6.31. The van der Waals surface area contributed by atoms with E-state index in [0.29, 0.717) is 18.4 Å². The van der Waals surface area contributed by atoms with Crippen LogP contribution in [-0.2, 0) is 16.1 Å². The van der Waals surface area contributed by atoms with Gasteiger partial charge in [0, 0.05) is 33.7 Å². The van der Waals surface area contributed by atoms with Crippen LogP contribution in [0.15, 0.2) is 65.8 Å². The molecule has 8 rings (SSSR count). The predicted octanol–water partition coefficient (Wildman–Crippen LogP) is 5.04. The minimum absolute atomic E-state index is 0.131. The van der Waals surface area contributed by atoms with Gasteiger partial charge < -0.3 is 4.57 Å². The molecule has 0 unspecified atom stereocenters. The Bertz CT molecular complexity index is 1400. The molecular formula is C28H24ClN3O2. The van der Waals surface area contributed by atoms with Crippen molar-refractivity contribution in [2.75, 3.05) is 0 Å². The van der Waals surface area contributed by atoms with E-state index in [9.17, 15) is 9.59 Å². The number of hydrogen-bond acceptors (Lipinski definition) is 3. The molecule has 0 spiro atoms. The van der Waals surface area contributed by atoms with Crippen LogP contribution in [0.3, 0.4) is 0 Å². The number of amides is 2. The van der Waals surface area contributed by atoms with Crippen molar-refractivity contribution < 1.29 is 9.59 Å². The van der Waals surface area contributed by atoms with Crippen LogP contribution in [0.5, 0.6) is 0 Å². The van der Waals surface area contributed by atoms with E-state index in [4.69, 9.17) is 11.6 Å². The molecule has 6 atom stereocenters. The SMILES string of the molecule is Cc1c(/C=N\N2C(=O)[C@H]3[C@@H]4C=C[C@H]([C@H]5C[C@H]45)[C@@H]3C2=O)c2ccccc2n1Cc1ccccc1Cl. The van der Waals surface area contributed by atoms with Crippen LogP contribution in [0.4, 0.5) is 0 Å². The predicted molar refractivity (Wildman–Crippen MR) is 131 cm³/mol. The van der Waals surface area contributed by atoms with Gasteiger partial charge >= 0.3 is 0 Å². The van der Waals surface area contributed by atoms with Crippen LogP contribution >= 0.6 is 11.6 Å². The van der Waals surface area contributed by atoms with Gasteiger partial charge in [-0.25, -0.2) is 0 Å². The summed E-state index contributed by atoms with van der Waals surface area (Å²) in [5.41, 5.74) is 4.04. The molecule has 2 heterocycles. The Morgan fingerprint density at radius 2 is 1.62 bits per heavy atom. The van der Waals surface area contributed by atoms with Crippen LogP contribution in [0.2, 0.25) is 5.02 Å². The third-order valence-electron chi connectivity index (χ3n) is 8.51. The fourth-order valence-corrected chi connectivity index (χ4v) is 6.99. The third kappa shape index (κ3) is 2.70. The van der Waals surface area contributed by atoms with Gasteiger partial charge in [0.15, 0.2) is 0 Å². The average molecular weight is 470 g/mol. The van der Waals surface area contributed by atoms with Crippen molar-refractivity contribution in [2.45, 2.75) is 19.9 Å². The summed E-state index contributed by atoms with van der Waals surface area (Å²) in [4.78, 5) is 26.6. The lowest BCUT2D eigenvalue weighted by molar-refractivity contribution is -0.140. The van der Waals surface area contributed by atoms with Crippen molar-refractivity contribution in [3.63, 3.8) is 0 Å². The fraction of sp³-hybridized carbons (Fsp3) is 0.321. The molecule has 2 amide bonds. The maximum atomic E-state index is 13.3. The van der Waals surface area contributed by atoms with Crippen molar-refractivity contribution >= 4 is 40.5 Å². The van der Waals surface area contributed by atoms with Gasteiger partial charge in [0.05, 0.1) is 18.1 Å². The monoisotopic (exact) mass is 469 g/mol. The number of aromatic nitrogens is 1. The molecule has 5 aliphatic rings. The molecule has 2 saturated carbocycles. The average Bonchev–Trinajstić information content (AvgIpc) is 3.59. The summed E-state index contributed by atoms with van der Waals surface area (Å²) in [6, 6.07) is 16.0. The largest absolute Gasteiger partial charge is 0.340 e. The summed E-state index contributed by atoms with van der Waals surface area (Å²) >= 11 is 6.44. The van der Waals surface area contributed by atoms with Crippen molar-refractivity contribution in [3.05, 3.63) is 82.5 Å². The van der Waals surface area contributed by atoms with Crippen LogP contribution in [-0.4, -0.2) is 27.6 Å². The number of rotatable bonds is 4. The first-order valence-corrected chi connectivity index (χ1v) is 12.3. The second-order valence-electron chi connectivity index (χ2n) is 10.1. The van der Waals surface area contributed by atoms with Gasteiger partial charge in [-0.15, -0.1) is 0 Å². The van der Waals surface area contributed by atoms with E-state index in [0.717, 1.165) is 44.2 Å². The van der Waals surface area contributed by atoms with E-state index in [1.165, 1.54) is 0 Å². The maximum Gasteiger partial charge on any atom is 0.254 e. The molecule has 4 aliphatic carbocycles. The number of hydrazone groups is 1. The highest BCUT2D eigenvalue weighted by atomic mass is 35.5. The molecule has 5 nitrogen and oxygen atoms in total. The fourth-order valence-electron chi connectivity index (χ4n) is 6.79. The van der Waals surface area contributed by atoms with Crippen LogP contribution in [0.1, 0.15) is 23.2 Å². The lowest BCUT2D eigenvalue weighted by Crippen LogP contribution is -2.40. The second kappa shape index (κ2) is 7.16. The molecular weight excluding hydrogens is 446 g/mol. The first-order valence-electron chi connectivity index (χ1n) is 12.0. The zero-order chi connectivity index (χ0) is 23.1. The van der Waals surface area contributed by atoms with Gasteiger partial charge in [-0.3, -0.25) is 9.59 Å². The Hall–Kier alpha value is -3.18. The summed E-state index contributed by atoms with van der Waals surface area (Å²) in [6.07, 6.45) is 7.23. The molecule has 170 valence electrons. The summed E-state index contributed by atoms with van der Waals surface area (Å²) < 4.78 is 2.21. The van der Waals surface area contributed by atoms with Crippen molar-refractivity contribution in [2.24, 2.45) is 40.6 Å². The Balaban J connectivity index is 1.25. The number of fused-ring (bicyclic) bond motifs is 1. The number of benzene rings is 2. The summed E-state index contributed by atoms with van der Waals surface area (Å²) in [6.45, 7) is 2.67. The van der Waals surface area contributed by atoms with Crippen LogP contribution in [0.25, 0.3) is 10.9 Å². The van der Waals surface area contributed by atoms with Crippen LogP contribution < -0.4 is 0 Å². The molecule has 3 fully saturated rings. The molecule has 3 aromatic rings. The Morgan fingerprint density at radius 3 is 2.32 bits per heavy atom. The number of nitrogens with zero attached hydrogens (tertiary/aromatic N) is 3. The molecule has 2 bridgehead atoms. The minimum Gasteiger partial charge on any atom is -0.340 e. The molecule has 0 N–H and O–H groups in total. The first-order chi connectivity index (χ1) is 16.5. The normalized spacial score (nSPS) is 31.1. The van der Waals surface area contributed by atoms with Gasteiger partial charge in [-0.1, -0.05) is 60.2 Å². The molecule has 1 saturated heterocycles. The molecule has 34 heavy (non-hydrogen) atoms. The lowest BCUT2D eigenvalue weighted by atomic mass is 9.63. The van der Waals surface area contributed by atoms with Gasteiger partial charge in [0.25, 0.3) is 11.8 Å². The molecule has 0 radical (unpaired) electrons. The highest BCUT2D eigenvalue weighted by Crippen LogP contribution is 2.65. The standard InChI is InChI=1S/C28H24ClN3O2/c1-15-22(17-7-3-5-9-24(17)31(15)14-16-6-2-4-8-23(16)29)13-30-32-27(33)25-18-10-11-19(21-12-20(18)21)26(25)28(32)34/h2-11,13,18-21,25-26H,12,14H2,1H3/b30-13-/t18-,19-,20-,21-,25+,26+/m1/s1. The number of carbonyl (C=O) groups excluding carboxylic acids is 2. The number of hydrogen-bond donors (Lipinski definition) is 0. The van der Waals surface area contributed by atoms with E-state index < -0.39 is 0 Å². The Kier molecular flexibility index (Phi) is 4.26. The first kappa shape index (κ1) is 20.2. The van der Waals surface area contributed by atoms with Crippen molar-refractivity contribution in [1.82, 2.24) is 9.58 Å². The number of para-hydroxylation sites is 1. The minimum atomic E-state index is -0.230. The third-order valence-corrected chi connectivity index (χ3v) is 8.88. The van der Waals surface area contributed by atoms with E-state index in [-0.39, 0.29) is 35.5 Å². The van der Waals surface area contributed by atoms with Crippen LogP contribution in [0, 0.1) is 42.4 Å². The summed E-state index contributed by atoms with van der Waals surface area (Å²) in [7, 11) is 0. The molecule has 1 aliphatic heterocycles. The van der Waals surface area contributed by atoms with Crippen molar-refractivity contribution in [1.29, 1.82) is 0 Å². The number of imide groups is 1. The van der Waals surface area contributed by atoms with Gasteiger partial charge in [-0.2, -0.15) is 10.1 Å². The zero-order valence-corrected chi connectivity index (χ0v) is 19.5. The quantitative estimate of drug-likeness (QED) is 0.305. The Labute approximate surface area is 202 Å². The number of halogens is 1. The van der Waals surface area contributed by atoms with Gasteiger partial charge in [0.1, 0.15) is 0 Å². The van der Waals surface area contributed by atoms with E-state index in [2.05, 4.69) is 34.0 Å². The van der Waals surface area contributed by atoms with Gasteiger partial charge in [-0.05, 0) is 54.7 Å². The zero-order valence-electron chi connectivity index (χ0n) is 18.8. The topological polar surface area (TPSA) is 54.7 Å². The number of carbonyl (C=O) groups is 2.